The van der Waals surface area contributed by atoms with Gasteiger partial charge in [0.1, 0.15) is 5.75 Å². The minimum atomic E-state index is -0.243. The lowest BCUT2D eigenvalue weighted by molar-refractivity contribution is 0.0979. The molecule has 0 bridgehead atoms. The first-order chi connectivity index (χ1) is 7.20. The van der Waals surface area contributed by atoms with Crippen molar-refractivity contribution in [3.8, 4) is 5.75 Å². The Morgan fingerprint density at radius 2 is 2.20 bits per heavy atom. The van der Waals surface area contributed by atoms with Crippen LogP contribution in [0.15, 0.2) is 18.2 Å². The first-order valence-electron chi connectivity index (χ1n) is 4.57. The quantitative estimate of drug-likeness (QED) is 0.477. The van der Waals surface area contributed by atoms with Gasteiger partial charge in [0.05, 0.1) is 11.1 Å². The van der Waals surface area contributed by atoms with Crippen molar-refractivity contribution in [2.24, 2.45) is 0 Å². The van der Waals surface area contributed by atoms with Crippen LogP contribution in [0.2, 0.25) is 0 Å². The van der Waals surface area contributed by atoms with Gasteiger partial charge in [-0.15, -0.1) is 11.6 Å². The van der Waals surface area contributed by atoms with Crippen molar-refractivity contribution < 1.29 is 14.7 Å². The number of Topliss-reactive ketones (excluding diaryl/α,β-unsaturated/α-hetero) is 1. The third-order valence-electron chi connectivity index (χ3n) is 2.03. The van der Waals surface area contributed by atoms with Crippen LogP contribution in [0.4, 0.5) is 0 Å². The van der Waals surface area contributed by atoms with E-state index in [9.17, 15) is 14.7 Å². The average molecular weight is 227 g/mol. The first-order valence-corrected chi connectivity index (χ1v) is 5.10. The number of hydrogen-bond acceptors (Lipinski definition) is 3. The topological polar surface area (TPSA) is 54.4 Å². The van der Waals surface area contributed by atoms with Crippen LogP contribution in [-0.2, 0) is 0 Å². The van der Waals surface area contributed by atoms with Gasteiger partial charge in [-0.05, 0) is 18.6 Å². The number of carbonyl (C=O) groups is 2. The summed E-state index contributed by atoms with van der Waals surface area (Å²) in [4.78, 5) is 22.1. The van der Waals surface area contributed by atoms with Gasteiger partial charge in [-0.25, -0.2) is 0 Å². The highest BCUT2D eigenvalue weighted by Crippen LogP contribution is 2.22. The predicted octanol–water partition coefficient (Wildman–Crippen LogP) is 2.41. The molecule has 0 aliphatic rings. The molecule has 0 aliphatic heterocycles. The molecule has 0 saturated carbocycles. The molecule has 80 valence electrons. The van der Waals surface area contributed by atoms with Gasteiger partial charge in [0.15, 0.2) is 12.1 Å². The number of benzene rings is 1. The van der Waals surface area contributed by atoms with Gasteiger partial charge in [0.25, 0.3) is 0 Å². The monoisotopic (exact) mass is 226 g/mol. The molecule has 0 amide bonds. The molecule has 0 fully saturated rings. The van der Waals surface area contributed by atoms with Crippen LogP contribution in [0.3, 0.4) is 0 Å². The Hall–Kier alpha value is -1.35. The van der Waals surface area contributed by atoms with Crippen LogP contribution >= 0.6 is 11.6 Å². The van der Waals surface area contributed by atoms with Crippen LogP contribution in [0.5, 0.6) is 5.75 Å². The fourth-order valence-electron chi connectivity index (χ4n) is 1.24. The van der Waals surface area contributed by atoms with Crippen LogP contribution < -0.4 is 0 Å². The molecule has 3 nitrogen and oxygen atoms in total. The number of phenolic OH excluding ortho intramolecular Hbond substituents is 1. The van der Waals surface area contributed by atoms with Crippen molar-refractivity contribution in [2.45, 2.75) is 12.8 Å². The Kier molecular flexibility index (Phi) is 4.31. The fraction of sp³-hybridized carbons (Fsp3) is 0.273. The smallest absolute Gasteiger partial charge is 0.166 e. The highest BCUT2D eigenvalue weighted by Gasteiger charge is 2.12. The lowest BCUT2D eigenvalue weighted by Crippen LogP contribution is -2.01. The number of aldehydes is 1. The van der Waals surface area contributed by atoms with Crippen molar-refractivity contribution in [1.82, 2.24) is 0 Å². The van der Waals surface area contributed by atoms with Gasteiger partial charge in [0.2, 0.25) is 0 Å². The number of para-hydroxylation sites is 1. The molecule has 4 heteroatoms. The first kappa shape index (κ1) is 11.7. The second-order valence-corrected chi connectivity index (χ2v) is 3.45. The van der Waals surface area contributed by atoms with Gasteiger partial charge in [-0.2, -0.15) is 0 Å². The van der Waals surface area contributed by atoms with Gasteiger partial charge < -0.3 is 5.11 Å². The van der Waals surface area contributed by atoms with E-state index in [2.05, 4.69) is 0 Å². The SMILES string of the molecule is O=Cc1cccc(C(=O)CCCCl)c1O. The number of alkyl halides is 1. The van der Waals surface area contributed by atoms with E-state index in [-0.39, 0.29) is 29.1 Å². The molecule has 0 heterocycles. The van der Waals surface area contributed by atoms with E-state index in [1.54, 1.807) is 6.07 Å². The van der Waals surface area contributed by atoms with Gasteiger partial charge in [0, 0.05) is 12.3 Å². The highest BCUT2D eigenvalue weighted by atomic mass is 35.5. The summed E-state index contributed by atoms with van der Waals surface area (Å²) in [5, 5.41) is 9.57. The summed E-state index contributed by atoms with van der Waals surface area (Å²) in [6, 6.07) is 4.52. The van der Waals surface area contributed by atoms with E-state index in [1.807, 2.05) is 0 Å². The van der Waals surface area contributed by atoms with Crippen LogP contribution in [-0.4, -0.2) is 23.1 Å². The third-order valence-corrected chi connectivity index (χ3v) is 2.30. The maximum Gasteiger partial charge on any atom is 0.166 e. The summed E-state index contributed by atoms with van der Waals surface area (Å²) in [5.41, 5.74) is 0.316. The number of hydrogen-bond donors (Lipinski definition) is 1. The third kappa shape index (κ3) is 2.80. The normalized spacial score (nSPS) is 9.93. The number of aromatic hydroxyl groups is 1. The summed E-state index contributed by atoms with van der Waals surface area (Å²) in [6.07, 6.45) is 1.36. The van der Waals surface area contributed by atoms with Crippen molar-refractivity contribution in [3.63, 3.8) is 0 Å². The number of ketones is 1. The number of carbonyl (C=O) groups excluding carboxylic acids is 2. The predicted molar refractivity (Wildman–Crippen MR) is 57.8 cm³/mol. The molecule has 0 radical (unpaired) electrons. The van der Waals surface area contributed by atoms with Crippen LogP contribution in [0.25, 0.3) is 0 Å². The Morgan fingerprint density at radius 3 is 2.80 bits per heavy atom. The Labute approximate surface area is 92.7 Å². The van der Waals surface area contributed by atoms with E-state index in [0.29, 0.717) is 18.6 Å². The Morgan fingerprint density at radius 1 is 1.47 bits per heavy atom. The van der Waals surface area contributed by atoms with Gasteiger partial charge in [-0.3, -0.25) is 9.59 Å². The number of halogens is 1. The summed E-state index contributed by atoms with van der Waals surface area (Å²) < 4.78 is 0. The second kappa shape index (κ2) is 5.51. The maximum absolute atomic E-state index is 11.6. The van der Waals surface area contributed by atoms with E-state index in [1.165, 1.54) is 12.1 Å². The molecule has 0 saturated heterocycles. The summed E-state index contributed by atoms with van der Waals surface area (Å²) in [6.45, 7) is 0. The zero-order valence-corrected chi connectivity index (χ0v) is 8.83. The summed E-state index contributed by atoms with van der Waals surface area (Å²) in [5.74, 6) is -0.0382. The molecule has 1 N–H and O–H groups in total. The van der Waals surface area contributed by atoms with Gasteiger partial charge in [-0.1, -0.05) is 6.07 Å². The zero-order valence-electron chi connectivity index (χ0n) is 8.07. The van der Waals surface area contributed by atoms with Crippen molar-refractivity contribution in [2.75, 3.05) is 5.88 Å². The molecular weight excluding hydrogens is 216 g/mol. The average Bonchev–Trinajstić information content (AvgIpc) is 2.26. The van der Waals surface area contributed by atoms with Gasteiger partial charge >= 0.3 is 0 Å². The molecule has 1 aromatic carbocycles. The standard InChI is InChI=1S/C11H11ClO3/c12-6-2-5-10(14)9-4-1-3-8(7-13)11(9)15/h1,3-4,7,15H,2,5-6H2. The molecule has 15 heavy (non-hydrogen) atoms. The molecule has 1 rings (SSSR count). The van der Waals surface area contributed by atoms with Crippen LogP contribution in [0.1, 0.15) is 33.6 Å². The molecule has 0 aromatic heterocycles. The van der Waals surface area contributed by atoms with E-state index >= 15 is 0 Å². The number of phenols is 1. The van der Waals surface area contributed by atoms with Crippen molar-refractivity contribution in [3.05, 3.63) is 29.3 Å². The molecule has 0 atom stereocenters. The minimum Gasteiger partial charge on any atom is -0.506 e. The van der Waals surface area contributed by atoms with Crippen molar-refractivity contribution in [1.29, 1.82) is 0 Å². The molecule has 0 aliphatic carbocycles. The number of rotatable bonds is 5. The van der Waals surface area contributed by atoms with E-state index in [4.69, 9.17) is 11.6 Å². The largest absolute Gasteiger partial charge is 0.506 e. The molecule has 0 unspecified atom stereocenters. The van der Waals surface area contributed by atoms with E-state index < -0.39 is 0 Å². The Balaban J connectivity index is 2.94. The minimum absolute atomic E-state index is 0.131. The summed E-state index contributed by atoms with van der Waals surface area (Å²) >= 11 is 5.46. The van der Waals surface area contributed by atoms with E-state index in [0.717, 1.165) is 0 Å². The maximum atomic E-state index is 11.6. The summed E-state index contributed by atoms with van der Waals surface area (Å²) in [7, 11) is 0. The lowest BCUT2D eigenvalue weighted by Gasteiger charge is -2.04. The molecular formula is C11H11ClO3. The lowest BCUT2D eigenvalue weighted by atomic mass is 10.0. The highest BCUT2D eigenvalue weighted by molar-refractivity contribution is 6.18. The Bertz CT molecular complexity index is 374. The van der Waals surface area contributed by atoms with Crippen molar-refractivity contribution >= 4 is 23.7 Å². The second-order valence-electron chi connectivity index (χ2n) is 3.08. The molecule has 1 aromatic rings. The fourth-order valence-corrected chi connectivity index (χ4v) is 1.38. The van der Waals surface area contributed by atoms with Crippen LogP contribution in [0, 0.1) is 0 Å². The zero-order chi connectivity index (χ0) is 11.3. The molecule has 0 spiro atoms.